The third-order valence-electron chi connectivity index (χ3n) is 4.92. The Bertz CT molecular complexity index is 1310. The van der Waals surface area contributed by atoms with Gasteiger partial charge in [-0.2, -0.15) is 5.10 Å². The lowest BCUT2D eigenvalue weighted by Crippen LogP contribution is -2.20. The Morgan fingerprint density at radius 3 is 2.23 bits per heavy atom. The summed E-state index contributed by atoms with van der Waals surface area (Å²) in [5.74, 6) is 1.49. The van der Waals surface area contributed by atoms with Crippen LogP contribution in [0.5, 0.6) is 11.5 Å². The van der Waals surface area contributed by atoms with Crippen LogP contribution in [0.3, 0.4) is 0 Å². The fourth-order valence-corrected chi connectivity index (χ4v) is 3.89. The Labute approximate surface area is 205 Å². The van der Waals surface area contributed by atoms with E-state index in [0.717, 1.165) is 22.7 Å². The minimum atomic E-state index is -0.336. The molecule has 1 N–H and O–H groups in total. The molecule has 0 spiro atoms. The van der Waals surface area contributed by atoms with Crippen LogP contribution in [-0.2, 0) is 4.79 Å². The number of hydrazone groups is 1. The molecule has 0 aliphatic heterocycles. The molecule has 0 saturated heterocycles. The van der Waals surface area contributed by atoms with Gasteiger partial charge in [0.2, 0.25) is 0 Å². The predicted octanol–water partition coefficient (Wildman–Crippen LogP) is 4.33. The maximum absolute atomic E-state index is 13.0. The lowest BCUT2D eigenvalue weighted by molar-refractivity contribution is -0.118. The van der Waals surface area contributed by atoms with E-state index in [4.69, 9.17) is 9.47 Å². The van der Waals surface area contributed by atoms with E-state index in [9.17, 15) is 9.18 Å². The fraction of sp³-hybridized carbons (Fsp3) is 0.120. The molecule has 0 radical (unpaired) electrons. The molecule has 4 rings (SSSR count). The largest absolute Gasteiger partial charge is 0.497 e. The van der Waals surface area contributed by atoms with Crippen molar-refractivity contribution in [2.75, 3.05) is 20.0 Å². The average Bonchev–Trinajstić information content (AvgIpc) is 3.32. The molecule has 8 nitrogen and oxygen atoms in total. The smallest absolute Gasteiger partial charge is 0.250 e. The highest BCUT2D eigenvalue weighted by Gasteiger charge is 2.17. The van der Waals surface area contributed by atoms with Gasteiger partial charge >= 0.3 is 0 Å². The van der Waals surface area contributed by atoms with Gasteiger partial charge < -0.3 is 9.47 Å². The Hall–Kier alpha value is -4.18. The number of methoxy groups -OCH3 is 2. The maximum Gasteiger partial charge on any atom is 0.250 e. The van der Waals surface area contributed by atoms with Crippen molar-refractivity contribution >= 4 is 23.9 Å². The van der Waals surface area contributed by atoms with Crippen LogP contribution >= 0.6 is 11.8 Å². The number of thioether (sulfide) groups is 1. The van der Waals surface area contributed by atoms with E-state index >= 15 is 0 Å². The molecule has 0 saturated carbocycles. The molecule has 10 heteroatoms. The maximum atomic E-state index is 13.0. The van der Waals surface area contributed by atoms with Crippen LogP contribution < -0.4 is 14.9 Å². The summed E-state index contributed by atoms with van der Waals surface area (Å²) in [4.78, 5) is 12.3. The quantitative estimate of drug-likeness (QED) is 0.213. The zero-order chi connectivity index (χ0) is 24.6. The number of nitrogens with one attached hydrogen (secondary N) is 1. The molecule has 35 heavy (non-hydrogen) atoms. The highest BCUT2D eigenvalue weighted by molar-refractivity contribution is 7.99. The van der Waals surface area contributed by atoms with Crippen LogP contribution in [-0.4, -0.2) is 46.9 Å². The number of rotatable bonds is 9. The van der Waals surface area contributed by atoms with E-state index < -0.39 is 0 Å². The molecule has 3 aromatic carbocycles. The molecule has 1 heterocycles. The Morgan fingerprint density at radius 1 is 0.971 bits per heavy atom. The summed E-state index contributed by atoms with van der Waals surface area (Å²) in [6, 6.07) is 20.8. The monoisotopic (exact) mass is 491 g/mol. The first-order chi connectivity index (χ1) is 17.1. The van der Waals surface area contributed by atoms with Crippen molar-refractivity contribution in [2.45, 2.75) is 5.16 Å². The van der Waals surface area contributed by atoms with Crippen molar-refractivity contribution in [1.29, 1.82) is 0 Å². The molecule has 0 aliphatic carbocycles. The lowest BCUT2D eigenvalue weighted by Gasteiger charge is -2.11. The minimum absolute atomic E-state index is 0.0671. The highest BCUT2D eigenvalue weighted by atomic mass is 32.2. The van der Waals surface area contributed by atoms with Gasteiger partial charge in [0.05, 0.1) is 26.2 Å². The second kappa shape index (κ2) is 11.3. The average molecular weight is 492 g/mol. The summed E-state index contributed by atoms with van der Waals surface area (Å²) in [7, 11) is 3.22. The number of halogens is 1. The van der Waals surface area contributed by atoms with E-state index in [1.54, 1.807) is 26.4 Å². The molecule has 1 aromatic heterocycles. The van der Waals surface area contributed by atoms with Gasteiger partial charge in [0.15, 0.2) is 11.0 Å². The van der Waals surface area contributed by atoms with E-state index in [0.29, 0.717) is 16.5 Å². The summed E-state index contributed by atoms with van der Waals surface area (Å²) in [5, 5.41) is 13.2. The van der Waals surface area contributed by atoms with E-state index in [2.05, 4.69) is 20.7 Å². The van der Waals surface area contributed by atoms with Crippen molar-refractivity contribution < 1.29 is 18.7 Å². The number of ether oxygens (including phenoxy) is 2. The van der Waals surface area contributed by atoms with Crippen molar-refractivity contribution in [1.82, 2.24) is 20.2 Å². The van der Waals surface area contributed by atoms with Gasteiger partial charge in [-0.05, 0) is 66.2 Å². The number of hydrogen-bond donors (Lipinski definition) is 1. The predicted molar refractivity (Wildman–Crippen MR) is 133 cm³/mol. The van der Waals surface area contributed by atoms with Crippen LogP contribution in [0.15, 0.2) is 83.1 Å². The number of nitrogens with zero attached hydrogens (tertiary/aromatic N) is 4. The number of carbonyl (C=O) groups is 1. The third kappa shape index (κ3) is 6.04. The molecular formula is C25H22FN5O3S. The first-order valence-corrected chi connectivity index (χ1v) is 11.5. The molecule has 0 bridgehead atoms. The molecule has 178 valence electrons. The SMILES string of the molecule is COc1ccc(-c2nnc(SCC(=O)NN=Cc3ccc(F)cc3)n2-c2ccc(OC)cc2)cc1. The van der Waals surface area contributed by atoms with Crippen molar-refractivity contribution in [3.05, 3.63) is 84.2 Å². The highest BCUT2D eigenvalue weighted by Crippen LogP contribution is 2.29. The Morgan fingerprint density at radius 2 is 1.60 bits per heavy atom. The summed E-state index contributed by atoms with van der Waals surface area (Å²) < 4.78 is 25.4. The van der Waals surface area contributed by atoms with Gasteiger partial charge in [-0.25, -0.2) is 9.82 Å². The molecule has 1 amide bonds. The molecule has 0 aliphatic rings. The van der Waals surface area contributed by atoms with Gasteiger partial charge in [-0.1, -0.05) is 23.9 Å². The zero-order valence-electron chi connectivity index (χ0n) is 19.0. The second-order valence-electron chi connectivity index (χ2n) is 7.20. The summed E-state index contributed by atoms with van der Waals surface area (Å²) in [6.07, 6.45) is 1.45. The zero-order valence-corrected chi connectivity index (χ0v) is 19.8. The third-order valence-corrected chi connectivity index (χ3v) is 5.85. The number of amides is 1. The van der Waals surface area contributed by atoms with Crippen molar-refractivity contribution in [2.24, 2.45) is 5.10 Å². The number of benzene rings is 3. The van der Waals surface area contributed by atoms with Gasteiger partial charge in [0.1, 0.15) is 17.3 Å². The number of aromatic nitrogens is 3. The molecule has 4 aromatic rings. The van der Waals surface area contributed by atoms with Crippen LogP contribution in [0, 0.1) is 5.82 Å². The van der Waals surface area contributed by atoms with Crippen LogP contribution in [0.2, 0.25) is 0 Å². The van der Waals surface area contributed by atoms with Crippen molar-refractivity contribution in [3.63, 3.8) is 0 Å². The standard InChI is InChI=1S/C25H22FN5O3S/c1-33-21-11-5-18(6-12-21)24-29-30-25(31(24)20-9-13-22(34-2)14-10-20)35-16-23(32)28-27-15-17-3-7-19(26)8-4-17/h3-15H,16H2,1-2H3,(H,28,32). The molecular weight excluding hydrogens is 469 g/mol. The number of carbonyl (C=O) groups excluding carboxylic acids is 1. The lowest BCUT2D eigenvalue weighted by atomic mass is 10.2. The van der Waals surface area contributed by atoms with Gasteiger partial charge in [0, 0.05) is 11.3 Å². The van der Waals surface area contributed by atoms with Crippen LogP contribution in [0.4, 0.5) is 4.39 Å². The molecule has 0 atom stereocenters. The first kappa shape index (κ1) is 24.0. The van der Waals surface area contributed by atoms with Gasteiger partial charge in [-0.15, -0.1) is 10.2 Å². The second-order valence-corrected chi connectivity index (χ2v) is 8.14. The van der Waals surface area contributed by atoms with E-state index in [1.165, 1.54) is 30.1 Å². The summed E-state index contributed by atoms with van der Waals surface area (Å²) in [5.41, 5.74) is 4.80. The van der Waals surface area contributed by atoms with Crippen LogP contribution in [0.1, 0.15) is 5.56 Å². The first-order valence-electron chi connectivity index (χ1n) is 10.5. The molecule has 0 fully saturated rings. The fourth-order valence-electron chi connectivity index (χ4n) is 3.14. The molecule has 0 unspecified atom stereocenters. The summed E-state index contributed by atoms with van der Waals surface area (Å²) >= 11 is 1.23. The van der Waals surface area contributed by atoms with Crippen molar-refractivity contribution in [3.8, 4) is 28.6 Å². The van der Waals surface area contributed by atoms with Crippen LogP contribution in [0.25, 0.3) is 17.1 Å². The Kier molecular flexibility index (Phi) is 7.74. The minimum Gasteiger partial charge on any atom is -0.497 e. The Balaban J connectivity index is 1.52. The van der Waals surface area contributed by atoms with E-state index in [1.807, 2.05) is 53.1 Å². The topological polar surface area (TPSA) is 90.6 Å². The summed E-state index contributed by atoms with van der Waals surface area (Å²) in [6.45, 7) is 0. The van der Waals surface area contributed by atoms with Gasteiger partial charge in [-0.3, -0.25) is 9.36 Å². The van der Waals surface area contributed by atoms with E-state index in [-0.39, 0.29) is 17.5 Å². The van der Waals surface area contributed by atoms with Gasteiger partial charge in [0.25, 0.3) is 5.91 Å². The number of hydrogen-bond acceptors (Lipinski definition) is 7. The normalized spacial score (nSPS) is 10.9.